The first-order chi connectivity index (χ1) is 14.2. The number of ketones is 1. The smallest absolute Gasteiger partial charge is 0.236 e. The van der Waals surface area contributed by atoms with E-state index < -0.39 is 11.0 Å². The van der Waals surface area contributed by atoms with E-state index in [2.05, 4.69) is 14.7 Å². The number of rotatable bonds is 6. The summed E-state index contributed by atoms with van der Waals surface area (Å²) in [7, 11) is -1.55. The lowest BCUT2D eigenvalue weighted by atomic mass is 10.1. The first kappa shape index (κ1) is 18.7. The summed E-state index contributed by atoms with van der Waals surface area (Å²) in [5.74, 6) is -0.0912. The van der Waals surface area contributed by atoms with Crippen molar-refractivity contribution >= 4 is 22.7 Å². The summed E-state index contributed by atoms with van der Waals surface area (Å²) in [5, 5.41) is 0. The molecule has 0 aliphatic heterocycles. The lowest BCUT2D eigenvalue weighted by Gasteiger charge is -2.10. The number of hydrogen-bond acceptors (Lipinski definition) is 4. The second-order valence-corrected chi connectivity index (χ2v) is 7.42. The van der Waals surface area contributed by atoms with Gasteiger partial charge in [-0.1, -0.05) is 78.9 Å². The van der Waals surface area contributed by atoms with Gasteiger partial charge in [-0.15, -0.1) is 0 Å². The van der Waals surface area contributed by atoms with Gasteiger partial charge in [0, 0.05) is 11.1 Å². The number of carbonyl (C=O) groups is 1. The molecule has 1 unspecified atom stereocenters. The molecule has 0 saturated carbocycles. The number of carbonyl (C=O) groups excluding carboxylic acids is 1. The van der Waals surface area contributed by atoms with Crippen molar-refractivity contribution in [1.82, 2.24) is 9.97 Å². The van der Waals surface area contributed by atoms with Gasteiger partial charge in [0.25, 0.3) is 0 Å². The van der Waals surface area contributed by atoms with Crippen LogP contribution in [0, 0.1) is 0 Å². The zero-order valence-corrected chi connectivity index (χ0v) is 16.2. The van der Waals surface area contributed by atoms with Crippen molar-refractivity contribution in [3.8, 4) is 11.3 Å². The summed E-state index contributed by atoms with van der Waals surface area (Å²) in [6.45, 7) is 0. The second-order valence-electron chi connectivity index (χ2n) is 6.21. The Bertz CT molecular complexity index is 1150. The Morgan fingerprint density at radius 3 is 2.00 bits per heavy atom. The highest BCUT2D eigenvalue weighted by Crippen LogP contribution is 2.21. The molecule has 0 aliphatic carbocycles. The fraction of sp³-hybridized carbons (Fsp3) is 0. The Morgan fingerprint density at radius 1 is 0.759 bits per heavy atom. The predicted octanol–water partition coefficient (Wildman–Crippen LogP) is 4.51. The molecular weight excluding hydrogens is 382 g/mol. The zero-order valence-electron chi connectivity index (χ0n) is 15.4. The molecule has 0 amide bonds. The van der Waals surface area contributed by atoms with Crippen LogP contribution in [0.25, 0.3) is 11.3 Å². The van der Waals surface area contributed by atoms with Gasteiger partial charge in [-0.2, -0.15) is 0 Å². The molecule has 142 valence electrons. The third-order valence-corrected chi connectivity index (χ3v) is 5.27. The number of nitrogens with zero attached hydrogens (tertiary/aromatic N) is 2. The van der Waals surface area contributed by atoms with Gasteiger partial charge in [0.15, 0.2) is 11.0 Å². The van der Waals surface area contributed by atoms with Crippen LogP contribution >= 0.6 is 0 Å². The van der Waals surface area contributed by atoms with Crippen LogP contribution in [0.4, 0.5) is 5.95 Å². The van der Waals surface area contributed by atoms with Crippen molar-refractivity contribution in [2.75, 3.05) is 4.72 Å². The normalized spacial score (nSPS) is 11.6. The Kier molecular flexibility index (Phi) is 5.54. The average Bonchev–Trinajstić information content (AvgIpc) is 2.80. The van der Waals surface area contributed by atoms with E-state index in [1.807, 2.05) is 42.5 Å². The molecule has 0 radical (unpaired) electrons. The summed E-state index contributed by atoms with van der Waals surface area (Å²) in [5.41, 5.74) is 2.18. The molecule has 0 fully saturated rings. The van der Waals surface area contributed by atoms with Crippen LogP contribution in [0.3, 0.4) is 0 Å². The largest absolute Gasteiger partial charge is 0.287 e. The molecule has 0 saturated heterocycles. The maximum absolute atomic E-state index is 12.9. The molecular formula is C23H17N3O2S. The number of aromatic nitrogens is 2. The quantitative estimate of drug-likeness (QED) is 0.484. The van der Waals surface area contributed by atoms with Crippen molar-refractivity contribution in [3.63, 3.8) is 0 Å². The van der Waals surface area contributed by atoms with Crippen LogP contribution in [0.1, 0.15) is 16.1 Å². The third kappa shape index (κ3) is 4.44. The molecule has 0 aliphatic rings. The maximum Gasteiger partial charge on any atom is 0.236 e. The van der Waals surface area contributed by atoms with Gasteiger partial charge >= 0.3 is 0 Å². The molecule has 4 rings (SSSR count). The number of nitrogens with one attached hydrogen (secondary N) is 1. The van der Waals surface area contributed by atoms with Gasteiger partial charge in [0.2, 0.25) is 11.7 Å². The van der Waals surface area contributed by atoms with Crippen molar-refractivity contribution in [2.45, 2.75) is 4.90 Å². The third-order valence-electron chi connectivity index (χ3n) is 4.21. The predicted molar refractivity (Wildman–Crippen MR) is 114 cm³/mol. The molecule has 29 heavy (non-hydrogen) atoms. The first-order valence-corrected chi connectivity index (χ1v) is 10.1. The molecule has 1 N–H and O–H groups in total. The van der Waals surface area contributed by atoms with E-state index >= 15 is 0 Å². The van der Waals surface area contributed by atoms with Gasteiger partial charge in [0.05, 0.1) is 10.6 Å². The van der Waals surface area contributed by atoms with E-state index in [9.17, 15) is 9.00 Å². The molecule has 6 heteroatoms. The molecule has 1 atom stereocenters. The van der Waals surface area contributed by atoms with Crippen LogP contribution in [0.5, 0.6) is 0 Å². The molecule has 0 bridgehead atoms. The van der Waals surface area contributed by atoms with Crippen LogP contribution in [-0.4, -0.2) is 20.0 Å². The Labute approximate surface area is 171 Å². The molecule has 1 aromatic heterocycles. The van der Waals surface area contributed by atoms with Gasteiger partial charge < -0.3 is 0 Å². The van der Waals surface area contributed by atoms with Crippen molar-refractivity contribution in [1.29, 1.82) is 0 Å². The number of benzene rings is 3. The van der Waals surface area contributed by atoms with Crippen molar-refractivity contribution in [3.05, 3.63) is 108 Å². The zero-order chi connectivity index (χ0) is 20.1. The maximum atomic E-state index is 12.9. The highest BCUT2D eigenvalue weighted by atomic mass is 32.2. The fourth-order valence-electron chi connectivity index (χ4n) is 2.79. The lowest BCUT2D eigenvalue weighted by Crippen LogP contribution is -2.12. The van der Waals surface area contributed by atoms with Crippen molar-refractivity contribution in [2.24, 2.45) is 0 Å². The van der Waals surface area contributed by atoms with E-state index in [4.69, 9.17) is 0 Å². The average molecular weight is 399 g/mol. The van der Waals surface area contributed by atoms with E-state index in [0.29, 0.717) is 16.2 Å². The van der Waals surface area contributed by atoms with Gasteiger partial charge in [0.1, 0.15) is 5.69 Å². The summed E-state index contributed by atoms with van der Waals surface area (Å²) >= 11 is 0. The van der Waals surface area contributed by atoms with E-state index in [-0.39, 0.29) is 17.4 Å². The van der Waals surface area contributed by atoms with Crippen LogP contribution in [0.2, 0.25) is 0 Å². The van der Waals surface area contributed by atoms with Crippen molar-refractivity contribution < 1.29 is 9.00 Å². The topological polar surface area (TPSA) is 72.0 Å². The summed E-state index contributed by atoms with van der Waals surface area (Å²) in [6.07, 6.45) is 0. The highest BCUT2D eigenvalue weighted by Gasteiger charge is 2.16. The molecule has 1 heterocycles. The van der Waals surface area contributed by atoms with E-state index in [0.717, 1.165) is 5.56 Å². The fourth-order valence-corrected chi connectivity index (χ4v) is 3.57. The van der Waals surface area contributed by atoms with Gasteiger partial charge in [-0.05, 0) is 18.2 Å². The molecule has 3 aromatic carbocycles. The summed E-state index contributed by atoms with van der Waals surface area (Å²) in [6, 6.07) is 29.0. The molecule has 4 aromatic rings. The number of anilines is 1. The Hall–Kier alpha value is -3.64. The number of hydrogen-bond donors (Lipinski definition) is 1. The second kappa shape index (κ2) is 8.58. The van der Waals surface area contributed by atoms with Gasteiger partial charge in [-0.25, -0.2) is 14.2 Å². The van der Waals surface area contributed by atoms with Crippen LogP contribution in [0.15, 0.2) is 102 Å². The highest BCUT2D eigenvalue weighted by molar-refractivity contribution is 7.86. The van der Waals surface area contributed by atoms with Gasteiger partial charge in [-0.3, -0.25) is 9.52 Å². The molecule has 5 nitrogen and oxygen atoms in total. The standard InChI is InChI=1S/C23H17N3O2S/c27-22(18-12-6-2-7-13-18)21-16-20(17-10-4-1-5-11-17)24-23(25-21)26-29(28)19-14-8-3-9-15-19/h1-16H,(H,24,25,26). The SMILES string of the molecule is O=C(c1ccccc1)c1cc(-c2ccccc2)nc(NS(=O)c2ccccc2)n1. The molecule has 0 spiro atoms. The van der Waals surface area contributed by atoms with Crippen LogP contribution < -0.4 is 4.72 Å². The summed E-state index contributed by atoms with van der Waals surface area (Å²) < 4.78 is 15.5. The Balaban J connectivity index is 1.74. The lowest BCUT2D eigenvalue weighted by molar-refractivity contribution is 0.103. The Morgan fingerprint density at radius 2 is 1.34 bits per heavy atom. The van der Waals surface area contributed by atoms with E-state index in [1.54, 1.807) is 54.6 Å². The monoisotopic (exact) mass is 399 g/mol. The summed E-state index contributed by atoms with van der Waals surface area (Å²) in [4.78, 5) is 22.4. The van der Waals surface area contributed by atoms with E-state index in [1.165, 1.54) is 0 Å². The first-order valence-electron chi connectivity index (χ1n) is 8.98. The minimum atomic E-state index is -1.55. The minimum Gasteiger partial charge on any atom is -0.287 e. The van der Waals surface area contributed by atoms with Crippen LogP contribution in [-0.2, 0) is 11.0 Å². The minimum absolute atomic E-state index is 0.132.